The minimum atomic E-state index is -0.409. The lowest BCUT2D eigenvalue weighted by Gasteiger charge is -2.11. The Kier molecular flexibility index (Phi) is 5.18. The molecule has 0 aliphatic heterocycles. The lowest BCUT2D eigenvalue weighted by Crippen LogP contribution is -2.14. The Hall–Kier alpha value is -3.74. The van der Waals surface area contributed by atoms with Crippen LogP contribution in [-0.2, 0) is 16.0 Å². The summed E-state index contributed by atoms with van der Waals surface area (Å²) in [7, 11) is 1.33. The van der Waals surface area contributed by atoms with Gasteiger partial charge in [0, 0.05) is 28.9 Å². The van der Waals surface area contributed by atoms with Gasteiger partial charge in [-0.1, -0.05) is 12.1 Å². The van der Waals surface area contributed by atoms with Crippen molar-refractivity contribution in [1.29, 1.82) is 0 Å². The molecule has 0 atom stereocenters. The van der Waals surface area contributed by atoms with E-state index < -0.39 is 5.97 Å². The number of carbonyl (C=O) groups is 2. The number of fused-ring (bicyclic) bond motifs is 3. The number of hydrogen-bond acceptors (Lipinski definition) is 5. The molecule has 0 aliphatic rings. The van der Waals surface area contributed by atoms with Crippen LogP contribution in [0.1, 0.15) is 33.7 Å². The molecule has 1 amide bonds. The minimum Gasteiger partial charge on any atom is -0.465 e. The molecule has 2 heterocycles. The number of amides is 1. The Bertz CT molecular complexity index is 1260. The largest absolute Gasteiger partial charge is 0.465 e. The van der Waals surface area contributed by atoms with Gasteiger partial charge < -0.3 is 10.1 Å². The zero-order valence-electron chi connectivity index (χ0n) is 17.1. The van der Waals surface area contributed by atoms with Crippen molar-refractivity contribution in [2.75, 3.05) is 12.4 Å². The zero-order valence-corrected chi connectivity index (χ0v) is 17.1. The van der Waals surface area contributed by atoms with Crippen molar-refractivity contribution >= 4 is 34.1 Å². The molecular formula is C23H22N4O3. The second kappa shape index (κ2) is 7.94. The Morgan fingerprint density at radius 1 is 1.07 bits per heavy atom. The molecule has 0 saturated heterocycles. The van der Waals surface area contributed by atoms with Crippen molar-refractivity contribution < 1.29 is 14.3 Å². The molecule has 7 nitrogen and oxygen atoms in total. The zero-order chi connectivity index (χ0) is 21.3. The van der Waals surface area contributed by atoms with E-state index in [1.54, 1.807) is 24.3 Å². The number of carbonyl (C=O) groups excluding carboxylic acids is 2. The van der Waals surface area contributed by atoms with E-state index >= 15 is 0 Å². The third-order valence-corrected chi connectivity index (χ3v) is 5.21. The quantitative estimate of drug-likeness (QED) is 0.513. The number of nitrogens with zero attached hydrogens (tertiary/aromatic N) is 3. The van der Waals surface area contributed by atoms with Gasteiger partial charge in [-0.15, -0.1) is 0 Å². The number of esters is 1. The summed E-state index contributed by atoms with van der Waals surface area (Å²) in [5, 5.41) is 8.53. The summed E-state index contributed by atoms with van der Waals surface area (Å²) in [5.74, 6) is -0.515. The van der Waals surface area contributed by atoms with Crippen LogP contribution in [0.15, 0.2) is 48.5 Å². The van der Waals surface area contributed by atoms with Gasteiger partial charge in [-0.25, -0.2) is 14.3 Å². The van der Waals surface area contributed by atoms with Crippen molar-refractivity contribution in [2.45, 2.75) is 26.7 Å². The Morgan fingerprint density at radius 3 is 2.53 bits per heavy atom. The van der Waals surface area contributed by atoms with Gasteiger partial charge in [-0.05, 0) is 62.2 Å². The number of methoxy groups -OCH3 is 1. The first-order valence-corrected chi connectivity index (χ1v) is 9.69. The molecule has 0 unspecified atom stereocenters. The molecule has 2 aromatic heterocycles. The first-order valence-electron chi connectivity index (χ1n) is 9.69. The molecule has 4 rings (SSSR count). The number of hydrogen-bond donors (Lipinski definition) is 1. The van der Waals surface area contributed by atoms with Gasteiger partial charge in [0.15, 0.2) is 5.65 Å². The van der Waals surface area contributed by atoms with Crippen molar-refractivity contribution in [3.63, 3.8) is 0 Å². The minimum absolute atomic E-state index is 0.106. The fourth-order valence-corrected chi connectivity index (χ4v) is 3.61. The highest BCUT2D eigenvalue weighted by molar-refractivity contribution is 5.93. The number of aryl methyl sites for hydroxylation is 2. The van der Waals surface area contributed by atoms with Gasteiger partial charge >= 0.3 is 5.97 Å². The van der Waals surface area contributed by atoms with Crippen LogP contribution in [0.2, 0.25) is 0 Å². The van der Waals surface area contributed by atoms with E-state index in [0.717, 1.165) is 33.5 Å². The lowest BCUT2D eigenvalue weighted by molar-refractivity contribution is -0.116. The highest BCUT2D eigenvalue weighted by Crippen LogP contribution is 2.23. The highest BCUT2D eigenvalue weighted by Gasteiger charge is 2.15. The first-order chi connectivity index (χ1) is 14.5. The average Bonchev–Trinajstić information content (AvgIpc) is 3.12. The van der Waals surface area contributed by atoms with E-state index in [-0.39, 0.29) is 5.91 Å². The molecule has 4 aromatic rings. The smallest absolute Gasteiger partial charge is 0.337 e. The van der Waals surface area contributed by atoms with E-state index in [1.807, 2.05) is 42.6 Å². The van der Waals surface area contributed by atoms with Crippen LogP contribution in [0.4, 0.5) is 5.69 Å². The van der Waals surface area contributed by atoms with Crippen LogP contribution >= 0.6 is 0 Å². The third-order valence-electron chi connectivity index (χ3n) is 5.21. The fourth-order valence-electron chi connectivity index (χ4n) is 3.61. The van der Waals surface area contributed by atoms with Crippen molar-refractivity contribution in [3.8, 4) is 0 Å². The standard InChI is InChI=1S/C23H22N4O3/c1-14-18(15(2)27-22(24-14)19-6-4-5-7-20(19)26-27)12-13-21(28)25-17-10-8-16(9-11-17)23(29)30-3/h4-11H,12-13H2,1-3H3,(H,25,28). The summed E-state index contributed by atoms with van der Waals surface area (Å²) >= 11 is 0. The number of aromatic nitrogens is 3. The average molecular weight is 402 g/mol. The molecule has 1 N–H and O–H groups in total. The summed E-state index contributed by atoms with van der Waals surface area (Å²) in [6, 6.07) is 14.5. The third kappa shape index (κ3) is 3.61. The van der Waals surface area contributed by atoms with Gasteiger partial charge in [0.05, 0.1) is 18.2 Å². The SMILES string of the molecule is COC(=O)c1ccc(NC(=O)CCc2c(C)nc3c4ccccc4nn3c2C)cc1. The summed E-state index contributed by atoms with van der Waals surface area (Å²) in [5.41, 5.74) is 5.72. The van der Waals surface area contributed by atoms with Gasteiger partial charge in [-0.3, -0.25) is 4.79 Å². The maximum absolute atomic E-state index is 12.4. The van der Waals surface area contributed by atoms with Gasteiger partial charge in [0.1, 0.15) is 0 Å². The lowest BCUT2D eigenvalue weighted by atomic mass is 10.1. The van der Waals surface area contributed by atoms with Gasteiger partial charge in [0.25, 0.3) is 0 Å². The van der Waals surface area contributed by atoms with E-state index in [1.165, 1.54) is 7.11 Å². The summed E-state index contributed by atoms with van der Waals surface area (Å²) < 4.78 is 6.54. The van der Waals surface area contributed by atoms with E-state index in [9.17, 15) is 9.59 Å². The van der Waals surface area contributed by atoms with Crippen LogP contribution in [0.25, 0.3) is 16.6 Å². The van der Waals surface area contributed by atoms with Crippen molar-refractivity contribution in [3.05, 3.63) is 71.0 Å². The Balaban J connectivity index is 1.49. The van der Waals surface area contributed by atoms with Crippen LogP contribution in [0, 0.1) is 13.8 Å². The summed E-state index contributed by atoms with van der Waals surface area (Å²) in [6.07, 6.45) is 0.872. The normalized spacial score (nSPS) is 11.0. The van der Waals surface area contributed by atoms with Crippen molar-refractivity contribution in [2.24, 2.45) is 0 Å². The molecule has 2 aromatic carbocycles. The predicted molar refractivity (Wildman–Crippen MR) is 115 cm³/mol. The number of nitrogens with one attached hydrogen (secondary N) is 1. The summed E-state index contributed by atoms with van der Waals surface area (Å²) in [4.78, 5) is 28.7. The molecule has 0 spiro atoms. The molecule has 0 radical (unpaired) electrons. The number of anilines is 1. The van der Waals surface area contributed by atoms with E-state index in [4.69, 9.17) is 4.98 Å². The van der Waals surface area contributed by atoms with E-state index in [2.05, 4.69) is 15.2 Å². The van der Waals surface area contributed by atoms with Crippen molar-refractivity contribution in [1.82, 2.24) is 14.6 Å². The number of ether oxygens (including phenoxy) is 1. The highest BCUT2D eigenvalue weighted by atomic mass is 16.5. The maximum atomic E-state index is 12.4. The molecule has 0 fully saturated rings. The summed E-state index contributed by atoms with van der Waals surface area (Å²) in [6.45, 7) is 3.97. The van der Waals surface area contributed by atoms with Crippen LogP contribution < -0.4 is 5.32 Å². The Labute approximate surface area is 173 Å². The Morgan fingerprint density at radius 2 is 1.80 bits per heavy atom. The molecule has 0 bridgehead atoms. The van der Waals surface area contributed by atoms with Crippen LogP contribution in [0.3, 0.4) is 0 Å². The predicted octanol–water partition coefficient (Wildman–Crippen LogP) is 3.86. The molecule has 0 saturated carbocycles. The molecule has 7 heteroatoms. The second-order valence-corrected chi connectivity index (χ2v) is 7.13. The van der Waals surface area contributed by atoms with E-state index in [0.29, 0.717) is 24.1 Å². The second-order valence-electron chi connectivity index (χ2n) is 7.13. The molecular weight excluding hydrogens is 380 g/mol. The first kappa shape index (κ1) is 19.6. The monoisotopic (exact) mass is 402 g/mol. The molecule has 0 aliphatic carbocycles. The van der Waals surface area contributed by atoms with Crippen LogP contribution in [-0.4, -0.2) is 33.6 Å². The molecule has 152 valence electrons. The maximum Gasteiger partial charge on any atom is 0.337 e. The molecule has 30 heavy (non-hydrogen) atoms. The number of rotatable bonds is 5. The fraction of sp³-hybridized carbons (Fsp3) is 0.217. The number of benzene rings is 2. The van der Waals surface area contributed by atoms with Gasteiger partial charge in [-0.2, -0.15) is 5.10 Å². The van der Waals surface area contributed by atoms with Crippen LogP contribution in [0.5, 0.6) is 0 Å². The topological polar surface area (TPSA) is 85.6 Å². The van der Waals surface area contributed by atoms with Gasteiger partial charge in [0.2, 0.25) is 5.91 Å².